The molecule has 1 aromatic heterocycles. The molecule has 0 atom stereocenters. The Kier molecular flexibility index (Phi) is 5.49. The number of hydrogen-bond donors (Lipinski definition) is 1. The minimum Gasteiger partial charge on any atom is -0.471 e. The second kappa shape index (κ2) is 7.36. The molecule has 0 spiro atoms. The summed E-state index contributed by atoms with van der Waals surface area (Å²) in [5.74, 6) is -0.358. The third-order valence-electron chi connectivity index (χ3n) is 2.77. The summed E-state index contributed by atoms with van der Waals surface area (Å²) in [4.78, 5) is 3.95. The lowest BCUT2D eigenvalue weighted by atomic mass is 10.2. The molecular weight excluding hydrogens is 323 g/mol. The molecule has 0 saturated heterocycles. The molecule has 2 rings (SSSR count). The summed E-state index contributed by atoms with van der Waals surface area (Å²) in [7, 11) is 0. The van der Waals surface area contributed by atoms with Crippen molar-refractivity contribution in [1.29, 1.82) is 0 Å². The van der Waals surface area contributed by atoms with Crippen LogP contribution in [0.2, 0.25) is 0 Å². The summed E-state index contributed by atoms with van der Waals surface area (Å²) in [6, 6.07) is 9.35. The zero-order chi connectivity index (χ0) is 14.4. The van der Waals surface area contributed by atoms with Crippen molar-refractivity contribution in [3.8, 4) is 5.88 Å². The predicted molar refractivity (Wildman–Crippen MR) is 80.0 cm³/mol. The van der Waals surface area contributed by atoms with Gasteiger partial charge in [-0.15, -0.1) is 0 Å². The Hall–Kier alpha value is -1.46. The molecule has 0 radical (unpaired) electrons. The van der Waals surface area contributed by atoms with Crippen LogP contribution in [0.4, 0.5) is 4.39 Å². The number of nitrogens with one attached hydrogen (secondary N) is 1. The Labute approximate surface area is 126 Å². The molecule has 106 valence electrons. The summed E-state index contributed by atoms with van der Waals surface area (Å²) in [5, 5.41) is 3.08. The Bertz CT molecular complexity index is 578. The van der Waals surface area contributed by atoms with Crippen LogP contribution in [-0.2, 0) is 13.2 Å². The molecule has 0 aliphatic carbocycles. The first-order valence-corrected chi connectivity index (χ1v) is 7.21. The van der Waals surface area contributed by atoms with Crippen LogP contribution in [0.25, 0.3) is 0 Å². The normalized spacial score (nSPS) is 10.6. The summed E-state index contributed by atoms with van der Waals surface area (Å²) >= 11 is 3.39. The Morgan fingerprint density at radius 1 is 1.35 bits per heavy atom. The van der Waals surface area contributed by atoms with Gasteiger partial charge in [0.2, 0.25) is 0 Å². The molecule has 0 fully saturated rings. The van der Waals surface area contributed by atoms with Crippen LogP contribution in [0, 0.1) is 5.82 Å². The van der Waals surface area contributed by atoms with Crippen LogP contribution in [0.3, 0.4) is 0 Å². The van der Waals surface area contributed by atoms with E-state index in [1.807, 2.05) is 31.2 Å². The van der Waals surface area contributed by atoms with E-state index in [1.165, 1.54) is 0 Å². The van der Waals surface area contributed by atoms with Gasteiger partial charge in [-0.3, -0.25) is 0 Å². The van der Waals surface area contributed by atoms with E-state index in [-0.39, 0.29) is 12.5 Å². The van der Waals surface area contributed by atoms with Crippen LogP contribution < -0.4 is 10.1 Å². The second-order valence-electron chi connectivity index (χ2n) is 4.29. The maximum absolute atomic E-state index is 14.1. The number of aromatic nitrogens is 1. The van der Waals surface area contributed by atoms with Gasteiger partial charge in [-0.1, -0.05) is 35.0 Å². The van der Waals surface area contributed by atoms with Gasteiger partial charge in [0, 0.05) is 22.8 Å². The van der Waals surface area contributed by atoms with E-state index >= 15 is 0 Å². The molecule has 0 aliphatic heterocycles. The third-order valence-corrected chi connectivity index (χ3v) is 3.26. The van der Waals surface area contributed by atoms with Gasteiger partial charge in [-0.05, 0) is 30.3 Å². The fourth-order valence-corrected chi connectivity index (χ4v) is 2.18. The van der Waals surface area contributed by atoms with E-state index in [4.69, 9.17) is 4.74 Å². The van der Waals surface area contributed by atoms with Gasteiger partial charge in [0.25, 0.3) is 5.88 Å². The third kappa shape index (κ3) is 4.02. The van der Waals surface area contributed by atoms with Gasteiger partial charge in [0.1, 0.15) is 6.61 Å². The Morgan fingerprint density at radius 3 is 2.95 bits per heavy atom. The zero-order valence-corrected chi connectivity index (χ0v) is 12.8. The van der Waals surface area contributed by atoms with Crippen molar-refractivity contribution in [2.45, 2.75) is 20.1 Å². The van der Waals surface area contributed by atoms with Crippen molar-refractivity contribution in [3.05, 3.63) is 57.9 Å². The van der Waals surface area contributed by atoms with E-state index in [2.05, 4.69) is 26.2 Å². The van der Waals surface area contributed by atoms with Gasteiger partial charge in [-0.2, -0.15) is 0 Å². The molecular formula is C15H16BrFN2O. The smallest absolute Gasteiger partial charge is 0.251 e. The largest absolute Gasteiger partial charge is 0.471 e. The lowest BCUT2D eigenvalue weighted by Crippen LogP contribution is -2.13. The number of ether oxygens (including phenoxy) is 1. The van der Waals surface area contributed by atoms with E-state index < -0.39 is 5.82 Å². The minimum absolute atomic E-state index is 0.0420. The van der Waals surface area contributed by atoms with Gasteiger partial charge in [0.15, 0.2) is 5.82 Å². The quantitative estimate of drug-likeness (QED) is 0.872. The fourth-order valence-electron chi connectivity index (χ4n) is 1.74. The van der Waals surface area contributed by atoms with Gasteiger partial charge < -0.3 is 10.1 Å². The zero-order valence-electron chi connectivity index (χ0n) is 11.2. The van der Waals surface area contributed by atoms with Crippen LogP contribution in [-0.4, -0.2) is 11.5 Å². The molecule has 0 saturated carbocycles. The Morgan fingerprint density at radius 2 is 2.20 bits per heavy atom. The number of benzene rings is 1. The van der Waals surface area contributed by atoms with Crippen molar-refractivity contribution < 1.29 is 9.13 Å². The average Bonchev–Trinajstić information content (AvgIpc) is 2.45. The summed E-state index contributed by atoms with van der Waals surface area (Å²) in [5.41, 5.74) is 1.52. The van der Waals surface area contributed by atoms with E-state index in [0.29, 0.717) is 12.1 Å². The molecule has 0 aliphatic rings. The molecule has 20 heavy (non-hydrogen) atoms. The monoisotopic (exact) mass is 338 g/mol. The molecule has 1 N–H and O–H groups in total. The highest BCUT2D eigenvalue weighted by Gasteiger charge is 2.10. The molecule has 0 amide bonds. The van der Waals surface area contributed by atoms with Crippen LogP contribution in [0.1, 0.15) is 18.1 Å². The first-order chi connectivity index (χ1) is 9.70. The summed E-state index contributed by atoms with van der Waals surface area (Å²) < 4.78 is 20.6. The van der Waals surface area contributed by atoms with Crippen molar-refractivity contribution >= 4 is 15.9 Å². The first kappa shape index (κ1) is 14.9. The number of halogens is 2. The predicted octanol–water partition coefficient (Wildman–Crippen LogP) is 3.67. The molecule has 5 heteroatoms. The van der Waals surface area contributed by atoms with Crippen LogP contribution in [0.15, 0.2) is 41.0 Å². The van der Waals surface area contributed by atoms with Crippen LogP contribution in [0.5, 0.6) is 5.88 Å². The fraction of sp³-hybridized carbons (Fsp3) is 0.267. The topological polar surface area (TPSA) is 34.2 Å². The van der Waals surface area contributed by atoms with Crippen molar-refractivity contribution in [2.24, 2.45) is 0 Å². The standard InChI is InChI=1S/C15H16BrFN2O/c1-2-18-9-12-6-7-19-15(14(12)17)20-10-11-4-3-5-13(16)8-11/h3-8,18H,2,9-10H2,1H3. The van der Waals surface area contributed by atoms with Crippen molar-refractivity contribution in [1.82, 2.24) is 10.3 Å². The van der Waals surface area contributed by atoms with Gasteiger partial charge in [-0.25, -0.2) is 9.37 Å². The molecule has 0 bridgehead atoms. The van der Waals surface area contributed by atoms with Crippen molar-refractivity contribution in [3.63, 3.8) is 0 Å². The molecule has 1 heterocycles. The molecule has 2 aromatic rings. The highest BCUT2D eigenvalue weighted by molar-refractivity contribution is 9.10. The number of rotatable bonds is 6. The van der Waals surface area contributed by atoms with E-state index in [1.54, 1.807) is 12.3 Å². The molecule has 3 nitrogen and oxygen atoms in total. The van der Waals surface area contributed by atoms with E-state index in [9.17, 15) is 4.39 Å². The molecule has 0 unspecified atom stereocenters. The lowest BCUT2D eigenvalue weighted by molar-refractivity contribution is 0.276. The lowest BCUT2D eigenvalue weighted by Gasteiger charge is -2.09. The number of hydrogen-bond acceptors (Lipinski definition) is 3. The molecule has 1 aromatic carbocycles. The maximum atomic E-state index is 14.1. The number of nitrogens with zero attached hydrogens (tertiary/aromatic N) is 1. The number of pyridine rings is 1. The minimum atomic E-state index is -0.400. The summed E-state index contributed by atoms with van der Waals surface area (Å²) in [6.07, 6.45) is 1.56. The highest BCUT2D eigenvalue weighted by Crippen LogP contribution is 2.19. The first-order valence-electron chi connectivity index (χ1n) is 6.42. The van der Waals surface area contributed by atoms with Gasteiger partial charge >= 0.3 is 0 Å². The van der Waals surface area contributed by atoms with Crippen LogP contribution >= 0.6 is 15.9 Å². The Balaban J connectivity index is 2.06. The second-order valence-corrected chi connectivity index (χ2v) is 5.20. The summed E-state index contributed by atoms with van der Waals surface area (Å²) in [6.45, 7) is 3.52. The maximum Gasteiger partial charge on any atom is 0.251 e. The van der Waals surface area contributed by atoms with Crippen molar-refractivity contribution in [2.75, 3.05) is 6.54 Å². The van der Waals surface area contributed by atoms with E-state index in [0.717, 1.165) is 16.6 Å². The average molecular weight is 339 g/mol. The highest BCUT2D eigenvalue weighted by atomic mass is 79.9. The SMILES string of the molecule is CCNCc1ccnc(OCc2cccc(Br)c2)c1F. The van der Waals surface area contributed by atoms with Gasteiger partial charge in [0.05, 0.1) is 0 Å².